The standard InChI is InChI=1S/C21H14FN3O/c22-18-8-6-14(7-9-18)16-10-17(13-23-12-16)19-11-20(26)25-21(24-19)15-4-2-1-3-5-15/h1-13H,(H,24,25,26). The van der Waals surface area contributed by atoms with Gasteiger partial charge in [0.1, 0.15) is 11.6 Å². The third kappa shape index (κ3) is 3.28. The lowest BCUT2D eigenvalue weighted by Gasteiger charge is -2.07. The van der Waals surface area contributed by atoms with E-state index in [-0.39, 0.29) is 11.4 Å². The molecule has 2 aromatic heterocycles. The summed E-state index contributed by atoms with van der Waals surface area (Å²) < 4.78 is 13.1. The Balaban J connectivity index is 1.79. The van der Waals surface area contributed by atoms with E-state index in [0.29, 0.717) is 11.5 Å². The summed E-state index contributed by atoms with van der Waals surface area (Å²) in [5, 5.41) is 0. The Bertz CT molecular complexity index is 1110. The summed E-state index contributed by atoms with van der Waals surface area (Å²) in [4.78, 5) is 23.7. The molecule has 0 spiro atoms. The topological polar surface area (TPSA) is 58.6 Å². The van der Waals surface area contributed by atoms with Crippen LogP contribution in [0, 0.1) is 5.82 Å². The molecule has 4 rings (SSSR count). The first-order chi connectivity index (χ1) is 12.7. The molecule has 0 aliphatic rings. The molecule has 0 unspecified atom stereocenters. The molecule has 0 saturated carbocycles. The minimum Gasteiger partial charge on any atom is -0.306 e. The molecule has 2 aromatic carbocycles. The second kappa shape index (κ2) is 6.72. The molecule has 4 nitrogen and oxygen atoms in total. The molecule has 0 radical (unpaired) electrons. The summed E-state index contributed by atoms with van der Waals surface area (Å²) in [5.74, 6) is 0.210. The number of aromatic amines is 1. The fourth-order valence-electron chi connectivity index (χ4n) is 2.72. The van der Waals surface area contributed by atoms with E-state index in [1.54, 1.807) is 24.5 Å². The van der Waals surface area contributed by atoms with Crippen LogP contribution in [0.3, 0.4) is 0 Å². The molecular formula is C21H14FN3O. The van der Waals surface area contributed by atoms with Crippen LogP contribution in [-0.4, -0.2) is 15.0 Å². The van der Waals surface area contributed by atoms with Gasteiger partial charge < -0.3 is 4.98 Å². The van der Waals surface area contributed by atoms with E-state index < -0.39 is 0 Å². The molecule has 0 fully saturated rings. The number of halogens is 1. The maximum Gasteiger partial charge on any atom is 0.251 e. The zero-order valence-electron chi connectivity index (χ0n) is 13.7. The van der Waals surface area contributed by atoms with Crippen molar-refractivity contribution in [2.24, 2.45) is 0 Å². The highest BCUT2D eigenvalue weighted by atomic mass is 19.1. The van der Waals surface area contributed by atoms with E-state index in [0.717, 1.165) is 22.3 Å². The van der Waals surface area contributed by atoms with Crippen LogP contribution in [0.2, 0.25) is 0 Å². The maximum atomic E-state index is 13.1. The molecular weight excluding hydrogens is 329 g/mol. The number of H-pyrrole nitrogens is 1. The Kier molecular flexibility index (Phi) is 4.11. The molecule has 0 amide bonds. The number of nitrogens with zero attached hydrogens (tertiary/aromatic N) is 2. The number of benzene rings is 2. The van der Waals surface area contributed by atoms with Gasteiger partial charge in [0.05, 0.1) is 5.69 Å². The van der Waals surface area contributed by atoms with Crippen LogP contribution in [0.15, 0.2) is 83.9 Å². The molecule has 0 aliphatic heterocycles. The second-order valence-corrected chi connectivity index (χ2v) is 5.81. The van der Waals surface area contributed by atoms with E-state index in [4.69, 9.17) is 0 Å². The molecule has 2 heterocycles. The summed E-state index contributed by atoms with van der Waals surface area (Å²) in [6.45, 7) is 0. The minimum atomic E-state index is -0.290. The molecule has 26 heavy (non-hydrogen) atoms. The molecule has 0 bridgehead atoms. The van der Waals surface area contributed by atoms with Gasteiger partial charge in [-0.1, -0.05) is 42.5 Å². The van der Waals surface area contributed by atoms with Gasteiger partial charge in [-0.15, -0.1) is 0 Å². The van der Waals surface area contributed by atoms with Crippen LogP contribution < -0.4 is 5.56 Å². The average Bonchev–Trinajstić information content (AvgIpc) is 2.69. The van der Waals surface area contributed by atoms with E-state index in [2.05, 4.69) is 15.0 Å². The van der Waals surface area contributed by atoms with Crippen LogP contribution in [-0.2, 0) is 0 Å². The molecule has 0 saturated heterocycles. The van der Waals surface area contributed by atoms with Gasteiger partial charge in [0, 0.05) is 35.2 Å². The van der Waals surface area contributed by atoms with Gasteiger partial charge in [-0.05, 0) is 23.8 Å². The lowest BCUT2D eigenvalue weighted by molar-refractivity contribution is 0.628. The van der Waals surface area contributed by atoms with Gasteiger partial charge in [-0.25, -0.2) is 9.37 Å². The monoisotopic (exact) mass is 343 g/mol. The van der Waals surface area contributed by atoms with Crippen molar-refractivity contribution in [1.82, 2.24) is 15.0 Å². The first-order valence-corrected chi connectivity index (χ1v) is 8.07. The van der Waals surface area contributed by atoms with Crippen molar-refractivity contribution in [3.8, 4) is 33.8 Å². The Morgan fingerprint density at radius 2 is 1.50 bits per heavy atom. The molecule has 5 heteroatoms. The Labute approximate surface area is 149 Å². The van der Waals surface area contributed by atoms with E-state index in [9.17, 15) is 9.18 Å². The van der Waals surface area contributed by atoms with Crippen molar-refractivity contribution in [2.75, 3.05) is 0 Å². The summed E-state index contributed by atoms with van der Waals surface area (Å²) in [5.41, 5.74) is 3.51. The van der Waals surface area contributed by atoms with Gasteiger partial charge in [0.15, 0.2) is 0 Å². The smallest absolute Gasteiger partial charge is 0.251 e. The van der Waals surface area contributed by atoms with Gasteiger partial charge >= 0.3 is 0 Å². The molecule has 0 atom stereocenters. The molecule has 0 aliphatic carbocycles. The molecule has 4 aromatic rings. The molecule has 1 N–H and O–H groups in total. The fourth-order valence-corrected chi connectivity index (χ4v) is 2.72. The predicted molar refractivity (Wildman–Crippen MR) is 98.9 cm³/mol. The normalized spacial score (nSPS) is 10.7. The van der Waals surface area contributed by atoms with Crippen LogP contribution in [0.5, 0.6) is 0 Å². The second-order valence-electron chi connectivity index (χ2n) is 5.81. The predicted octanol–water partition coefficient (Wildman–Crippen LogP) is 4.31. The molecule has 126 valence electrons. The number of hydrogen-bond donors (Lipinski definition) is 1. The number of hydrogen-bond acceptors (Lipinski definition) is 3. The zero-order valence-corrected chi connectivity index (χ0v) is 13.7. The number of rotatable bonds is 3. The maximum absolute atomic E-state index is 13.1. The Morgan fingerprint density at radius 1 is 0.769 bits per heavy atom. The van der Waals surface area contributed by atoms with Crippen LogP contribution in [0.4, 0.5) is 4.39 Å². The summed E-state index contributed by atoms with van der Waals surface area (Å²) in [7, 11) is 0. The van der Waals surface area contributed by atoms with Crippen LogP contribution >= 0.6 is 0 Å². The van der Waals surface area contributed by atoms with Crippen molar-refractivity contribution in [1.29, 1.82) is 0 Å². The van der Waals surface area contributed by atoms with Crippen molar-refractivity contribution >= 4 is 0 Å². The first-order valence-electron chi connectivity index (χ1n) is 8.07. The van der Waals surface area contributed by atoms with Crippen molar-refractivity contribution in [3.63, 3.8) is 0 Å². The zero-order chi connectivity index (χ0) is 17.9. The quantitative estimate of drug-likeness (QED) is 0.603. The number of pyridine rings is 1. The highest BCUT2D eigenvalue weighted by molar-refractivity contribution is 5.70. The fraction of sp³-hybridized carbons (Fsp3) is 0. The van der Waals surface area contributed by atoms with Gasteiger partial charge in [0.2, 0.25) is 0 Å². The highest BCUT2D eigenvalue weighted by Crippen LogP contribution is 2.25. The highest BCUT2D eigenvalue weighted by Gasteiger charge is 2.08. The number of aromatic nitrogens is 3. The SMILES string of the molecule is O=c1cc(-c2cncc(-c3ccc(F)cc3)c2)nc(-c2ccccc2)[nH]1. The van der Waals surface area contributed by atoms with E-state index in [1.807, 2.05) is 36.4 Å². The van der Waals surface area contributed by atoms with Gasteiger partial charge in [0.25, 0.3) is 5.56 Å². The summed E-state index contributed by atoms with van der Waals surface area (Å²) >= 11 is 0. The Morgan fingerprint density at radius 3 is 2.27 bits per heavy atom. The van der Waals surface area contributed by atoms with Crippen LogP contribution in [0.25, 0.3) is 33.8 Å². The van der Waals surface area contributed by atoms with E-state index in [1.165, 1.54) is 18.2 Å². The third-order valence-corrected chi connectivity index (χ3v) is 4.00. The Hall–Kier alpha value is -3.60. The first kappa shape index (κ1) is 15.9. The average molecular weight is 343 g/mol. The lowest BCUT2D eigenvalue weighted by atomic mass is 10.0. The van der Waals surface area contributed by atoms with Crippen LogP contribution in [0.1, 0.15) is 0 Å². The van der Waals surface area contributed by atoms with Crippen molar-refractivity contribution < 1.29 is 4.39 Å². The van der Waals surface area contributed by atoms with Crippen molar-refractivity contribution in [3.05, 3.63) is 95.3 Å². The lowest BCUT2D eigenvalue weighted by Crippen LogP contribution is -2.08. The van der Waals surface area contributed by atoms with Gasteiger partial charge in [-0.3, -0.25) is 9.78 Å². The third-order valence-electron chi connectivity index (χ3n) is 4.00. The van der Waals surface area contributed by atoms with E-state index >= 15 is 0 Å². The largest absolute Gasteiger partial charge is 0.306 e. The minimum absolute atomic E-state index is 0.235. The summed E-state index contributed by atoms with van der Waals surface area (Å²) in [6.07, 6.45) is 3.35. The van der Waals surface area contributed by atoms with Crippen molar-refractivity contribution in [2.45, 2.75) is 0 Å². The summed E-state index contributed by atoms with van der Waals surface area (Å²) in [6, 6.07) is 19.0. The van der Waals surface area contributed by atoms with Gasteiger partial charge in [-0.2, -0.15) is 0 Å². The number of nitrogens with one attached hydrogen (secondary N) is 1.